The van der Waals surface area contributed by atoms with Crippen LogP contribution in [0.2, 0.25) is 0 Å². The van der Waals surface area contributed by atoms with E-state index in [-0.39, 0.29) is 11.0 Å². The molecule has 2 N–H and O–H groups in total. The van der Waals surface area contributed by atoms with Crippen LogP contribution in [0.1, 0.15) is 21.5 Å². The second-order valence-electron chi connectivity index (χ2n) is 8.18. The number of hydrogen-bond acceptors (Lipinski definition) is 5. The predicted molar refractivity (Wildman–Crippen MR) is 145 cm³/mol. The number of nitrogens with one attached hydrogen (secondary N) is 2. The third-order valence-corrected chi connectivity index (χ3v) is 5.88. The van der Waals surface area contributed by atoms with Gasteiger partial charge in [-0.15, -0.1) is 0 Å². The first kappa shape index (κ1) is 23.3. The average Bonchev–Trinajstić information content (AvgIpc) is 3.33. The minimum atomic E-state index is -0.328. The summed E-state index contributed by atoms with van der Waals surface area (Å²) in [6.45, 7) is 2.37. The number of nitrogens with zero attached hydrogens (tertiary/aromatic N) is 1. The van der Waals surface area contributed by atoms with Crippen LogP contribution < -0.4 is 15.4 Å². The molecule has 1 aromatic heterocycles. The van der Waals surface area contributed by atoms with Crippen LogP contribution in [0.15, 0.2) is 101 Å². The first-order valence-corrected chi connectivity index (χ1v) is 11.8. The normalized spacial score (nSPS) is 10.7. The number of benzene rings is 4. The molecule has 0 aliphatic heterocycles. The van der Waals surface area contributed by atoms with Crippen molar-refractivity contribution in [3.63, 3.8) is 0 Å². The van der Waals surface area contributed by atoms with Gasteiger partial charge in [0.2, 0.25) is 5.89 Å². The number of amides is 1. The molecule has 0 radical (unpaired) electrons. The molecule has 5 rings (SSSR count). The summed E-state index contributed by atoms with van der Waals surface area (Å²) in [5.74, 6) is 0.803. The van der Waals surface area contributed by atoms with Crippen molar-refractivity contribution in [1.82, 2.24) is 10.3 Å². The summed E-state index contributed by atoms with van der Waals surface area (Å²) in [6, 6.07) is 30.2. The van der Waals surface area contributed by atoms with Gasteiger partial charge in [-0.1, -0.05) is 54.6 Å². The molecule has 0 fully saturated rings. The maximum Gasteiger partial charge on any atom is 0.257 e. The zero-order chi connectivity index (χ0) is 24.9. The quantitative estimate of drug-likeness (QED) is 0.263. The highest BCUT2D eigenvalue weighted by atomic mass is 32.1. The summed E-state index contributed by atoms with van der Waals surface area (Å²) in [7, 11) is 0. The number of thiocarbonyl (C=S) groups is 1. The minimum Gasteiger partial charge on any atom is -0.489 e. The Balaban J connectivity index is 1.25. The van der Waals surface area contributed by atoms with Crippen LogP contribution in [0.4, 0.5) is 5.69 Å². The molecule has 6 nitrogen and oxygen atoms in total. The lowest BCUT2D eigenvalue weighted by molar-refractivity contribution is 0.0977. The highest BCUT2D eigenvalue weighted by molar-refractivity contribution is 7.80. The monoisotopic (exact) mass is 493 g/mol. The maximum atomic E-state index is 12.8. The number of hydrogen-bond donors (Lipinski definition) is 2. The second-order valence-corrected chi connectivity index (χ2v) is 8.58. The van der Waals surface area contributed by atoms with Crippen molar-refractivity contribution in [2.24, 2.45) is 0 Å². The number of aromatic nitrogens is 1. The molecule has 7 heteroatoms. The van der Waals surface area contributed by atoms with Crippen LogP contribution in [0.5, 0.6) is 5.75 Å². The lowest BCUT2D eigenvalue weighted by Crippen LogP contribution is -2.34. The fraction of sp³-hybridized carbons (Fsp3) is 0.0690. The Kier molecular flexibility index (Phi) is 6.73. The number of fused-ring (bicyclic) bond motifs is 1. The number of anilines is 1. The molecule has 0 unspecified atom stereocenters. The van der Waals surface area contributed by atoms with E-state index >= 15 is 0 Å². The third kappa shape index (κ3) is 5.26. The Hall–Kier alpha value is -4.49. The van der Waals surface area contributed by atoms with Gasteiger partial charge in [-0.2, -0.15) is 0 Å². The summed E-state index contributed by atoms with van der Waals surface area (Å²) in [5.41, 5.74) is 5.51. The molecule has 0 saturated heterocycles. The van der Waals surface area contributed by atoms with E-state index in [0.29, 0.717) is 23.8 Å². The van der Waals surface area contributed by atoms with Gasteiger partial charge < -0.3 is 14.5 Å². The van der Waals surface area contributed by atoms with Crippen molar-refractivity contribution in [1.29, 1.82) is 0 Å². The molecule has 0 aliphatic carbocycles. The smallest absolute Gasteiger partial charge is 0.257 e. The first-order valence-electron chi connectivity index (χ1n) is 11.4. The minimum absolute atomic E-state index is 0.188. The van der Waals surface area contributed by atoms with Crippen molar-refractivity contribution in [2.45, 2.75) is 13.5 Å². The van der Waals surface area contributed by atoms with Gasteiger partial charge in [0.1, 0.15) is 17.9 Å². The largest absolute Gasteiger partial charge is 0.489 e. The first-order chi connectivity index (χ1) is 17.6. The van der Waals surface area contributed by atoms with Crippen molar-refractivity contribution in [3.05, 3.63) is 114 Å². The van der Waals surface area contributed by atoms with Gasteiger partial charge >= 0.3 is 0 Å². The lowest BCUT2D eigenvalue weighted by atomic mass is 10.1. The number of ether oxygens (including phenoxy) is 1. The van der Waals surface area contributed by atoms with E-state index < -0.39 is 0 Å². The number of carbonyl (C=O) groups is 1. The number of para-hydroxylation sites is 2. The van der Waals surface area contributed by atoms with Crippen LogP contribution >= 0.6 is 12.2 Å². The van der Waals surface area contributed by atoms with Gasteiger partial charge in [-0.25, -0.2) is 4.98 Å². The third-order valence-electron chi connectivity index (χ3n) is 5.68. The molecule has 0 spiro atoms. The number of carbonyl (C=O) groups excluding carboxylic acids is 1. The highest BCUT2D eigenvalue weighted by Gasteiger charge is 2.14. The molecule has 4 aromatic carbocycles. The number of rotatable bonds is 6. The van der Waals surface area contributed by atoms with Gasteiger partial charge in [0.15, 0.2) is 10.7 Å². The van der Waals surface area contributed by atoms with Crippen LogP contribution in [0.25, 0.3) is 22.6 Å². The SMILES string of the molecule is Cc1c(NC(=S)NC(=O)c2cccc(OCc3ccccc3)c2)cccc1-c1nc2ccccc2o1. The summed E-state index contributed by atoms with van der Waals surface area (Å²) >= 11 is 5.42. The van der Waals surface area contributed by atoms with Crippen LogP contribution in [0.3, 0.4) is 0 Å². The van der Waals surface area contributed by atoms with E-state index in [1.807, 2.05) is 85.8 Å². The summed E-state index contributed by atoms with van der Waals surface area (Å²) in [5, 5.41) is 6.04. The Morgan fingerprint density at radius 1 is 0.944 bits per heavy atom. The zero-order valence-electron chi connectivity index (χ0n) is 19.5. The molecular formula is C29H23N3O3S. The molecule has 1 heterocycles. The molecule has 0 bridgehead atoms. The van der Waals surface area contributed by atoms with Crippen molar-refractivity contribution in [2.75, 3.05) is 5.32 Å². The van der Waals surface area contributed by atoms with Gasteiger partial charge in [-0.3, -0.25) is 10.1 Å². The van der Waals surface area contributed by atoms with Crippen molar-refractivity contribution >= 4 is 40.0 Å². The van der Waals surface area contributed by atoms with E-state index in [1.54, 1.807) is 18.2 Å². The van der Waals surface area contributed by atoms with Crippen LogP contribution in [-0.4, -0.2) is 16.0 Å². The van der Waals surface area contributed by atoms with Gasteiger partial charge in [0.25, 0.3) is 5.91 Å². The Labute approximate surface area is 213 Å². The Morgan fingerprint density at radius 2 is 1.72 bits per heavy atom. The lowest BCUT2D eigenvalue weighted by Gasteiger charge is -2.14. The Bertz CT molecular complexity index is 1510. The van der Waals surface area contributed by atoms with Crippen LogP contribution in [0, 0.1) is 6.92 Å². The van der Waals surface area contributed by atoms with Crippen molar-refractivity contribution < 1.29 is 13.9 Å². The van der Waals surface area contributed by atoms with Gasteiger partial charge in [0.05, 0.1) is 0 Å². The number of oxazole rings is 1. The molecule has 0 atom stereocenters. The van der Waals surface area contributed by atoms with Crippen LogP contribution in [-0.2, 0) is 6.61 Å². The second kappa shape index (κ2) is 10.4. The zero-order valence-corrected chi connectivity index (χ0v) is 20.3. The topological polar surface area (TPSA) is 76.4 Å². The van der Waals surface area contributed by atoms with E-state index in [1.165, 1.54) is 0 Å². The van der Waals surface area contributed by atoms with E-state index in [2.05, 4.69) is 15.6 Å². The maximum absolute atomic E-state index is 12.8. The molecule has 0 aliphatic rings. The van der Waals surface area contributed by atoms with Crippen molar-refractivity contribution in [3.8, 4) is 17.2 Å². The standard InChI is InChI=1S/C29H23N3O3S/c1-19-23(28-30-25-14-5-6-16-26(25)35-28)13-8-15-24(19)31-29(36)32-27(33)21-11-7-12-22(17-21)34-18-20-9-3-2-4-10-20/h2-17H,18H2,1H3,(H2,31,32,33,36). The molecule has 36 heavy (non-hydrogen) atoms. The predicted octanol–water partition coefficient (Wildman–Crippen LogP) is 6.51. The van der Waals surface area contributed by atoms with E-state index in [9.17, 15) is 4.79 Å². The summed E-state index contributed by atoms with van der Waals surface area (Å²) < 4.78 is 11.8. The fourth-order valence-corrected chi connectivity index (χ4v) is 3.99. The van der Waals surface area contributed by atoms with Gasteiger partial charge in [-0.05, 0) is 72.7 Å². The fourth-order valence-electron chi connectivity index (χ4n) is 3.79. The molecule has 1 amide bonds. The van der Waals surface area contributed by atoms with E-state index in [0.717, 1.165) is 33.5 Å². The molecule has 178 valence electrons. The molecule has 0 saturated carbocycles. The van der Waals surface area contributed by atoms with Gasteiger partial charge in [0, 0.05) is 16.8 Å². The van der Waals surface area contributed by atoms with E-state index in [4.69, 9.17) is 21.4 Å². The Morgan fingerprint density at radius 3 is 2.56 bits per heavy atom. The average molecular weight is 494 g/mol. The summed E-state index contributed by atoms with van der Waals surface area (Å²) in [6.07, 6.45) is 0. The molecule has 5 aromatic rings. The highest BCUT2D eigenvalue weighted by Crippen LogP contribution is 2.30. The molecular weight excluding hydrogens is 470 g/mol. The summed E-state index contributed by atoms with van der Waals surface area (Å²) in [4.78, 5) is 17.4.